The monoisotopic (exact) mass is 1330 g/mol. The van der Waals surface area contributed by atoms with E-state index in [2.05, 4.69) is 98.9 Å². The van der Waals surface area contributed by atoms with Gasteiger partial charge in [-0.25, -0.2) is 0 Å². The van der Waals surface area contributed by atoms with Gasteiger partial charge < -0.3 is 14.6 Å². The molecule has 0 rings (SSSR count). The SMILES string of the molecule is CC/C=C\C/C=C\C/C=C\C/C=C\C/C=C\C/C=C\C/C=C\CCCCCCCCCCCCCCCCCCCCCC(=O)OC(CO)COC(=O)CCCCCCCCCCCCCCCCCCCCCCCCCCCCCCCCCCCCCCCCCC. The van der Waals surface area contributed by atoms with Crippen LogP contribution in [0.25, 0.3) is 0 Å². The van der Waals surface area contributed by atoms with Crippen molar-refractivity contribution in [3.8, 4) is 0 Å². The van der Waals surface area contributed by atoms with Gasteiger partial charge in [-0.2, -0.15) is 0 Å². The van der Waals surface area contributed by atoms with Crippen molar-refractivity contribution in [3.63, 3.8) is 0 Å². The Morgan fingerprint density at radius 3 is 0.684 bits per heavy atom. The lowest BCUT2D eigenvalue weighted by Crippen LogP contribution is -2.28. The van der Waals surface area contributed by atoms with E-state index in [0.29, 0.717) is 12.8 Å². The number of carbonyl (C=O) groups excluding carboxylic acids is 2. The van der Waals surface area contributed by atoms with E-state index in [4.69, 9.17) is 9.47 Å². The van der Waals surface area contributed by atoms with Crippen LogP contribution in [0.4, 0.5) is 0 Å². The van der Waals surface area contributed by atoms with E-state index in [1.54, 1.807) is 0 Å². The molecule has 1 atom stereocenters. The summed E-state index contributed by atoms with van der Waals surface area (Å²) in [7, 11) is 0. The van der Waals surface area contributed by atoms with Crippen LogP contribution in [0.2, 0.25) is 0 Å². The molecule has 0 aromatic heterocycles. The third-order valence-electron chi connectivity index (χ3n) is 19.5. The van der Waals surface area contributed by atoms with Crippen molar-refractivity contribution in [2.45, 2.75) is 463 Å². The van der Waals surface area contributed by atoms with Crippen LogP contribution in [0.5, 0.6) is 0 Å². The maximum absolute atomic E-state index is 12.4. The first-order chi connectivity index (χ1) is 47.1. The summed E-state index contributed by atoms with van der Waals surface area (Å²) < 4.78 is 10.8. The zero-order chi connectivity index (χ0) is 68.3. The van der Waals surface area contributed by atoms with Crippen molar-refractivity contribution in [3.05, 3.63) is 85.1 Å². The number of rotatable bonds is 80. The van der Waals surface area contributed by atoms with Gasteiger partial charge in [0.05, 0.1) is 6.61 Å². The molecule has 0 aliphatic heterocycles. The third kappa shape index (κ3) is 83.4. The molecule has 0 radical (unpaired) electrons. The van der Waals surface area contributed by atoms with E-state index in [-0.39, 0.29) is 25.2 Å². The molecule has 0 aliphatic carbocycles. The van der Waals surface area contributed by atoms with Crippen LogP contribution >= 0.6 is 0 Å². The second-order valence-electron chi connectivity index (χ2n) is 28.9. The van der Waals surface area contributed by atoms with Crippen LogP contribution in [0.3, 0.4) is 0 Å². The first kappa shape index (κ1) is 92.1. The van der Waals surface area contributed by atoms with Crippen LogP contribution < -0.4 is 0 Å². The van der Waals surface area contributed by atoms with E-state index in [0.717, 1.165) is 77.0 Å². The summed E-state index contributed by atoms with van der Waals surface area (Å²) in [6, 6.07) is 0. The lowest BCUT2D eigenvalue weighted by molar-refractivity contribution is -0.161. The fourth-order valence-electron chi connectivity index (χ4n) is 13.1. The highest BCUT2D eigenvalue weighted by molar-refractivity contribution is 5.70. The van der Waals surface area contributed by atoms with Crippen LogP contribution in [0.15, 0.2) is 85.1 Å². The lowest BCUT2D eigenvalue weighted by atomic mass is 10.0. The summed E-state index contributed by atoms with van der Waals surface area (Å²) in [5, 5.41) is 9.74. The first-order valence-electron chi connectivity index (χ1n) is 42.6. The maximum Gasteiger partial charge on any atom is 0.306 e. The Morgan fingerprint density at radius 2 is 0.453 bits per heavy atom. The first-order valence-corrected chi connectivity index (χ1v) is 42.6. The Morgan fingerprint density at radius 1 is 0.253 bits per heavy atom. The van der Waals surface area contributed by atoms with Crippen molar-refractivity contribution in [2.24, 2.45) is 0 Å². The molecule has 0 saturated carbocycles. The topological polar surface area (TPSA) is 72.8 Å². The Balaban J connectivity index is 3.38. The van der Waals surface area contributed by atoms with Crippen LogP contribution in [0, 0.1) is 0 Å². The van der Waals surface area contributed by atoms with Crippen LogP contribution in [-0.4, -0.2) is 36.4 Å². The molecule has 5 nitrogen and oxygen atoms in total. The molecule has 95 heavy (non-hydrogen) atoms. The molecule has 0 spiro atoms. The molecule has 0 saturated heterocycles. The van der Waals surface area contributed by atoms with Gasteiger partial charge in [0, 0.05) is 12.8 Å². The van der Waals surface area contributed by atoms with Crippen molar-refractivity contribution in [2.75, 3.05) is 13.2 Å². The molecule has 0 aromatic carbocycles. The van der Waals surface area contributed by atoms with E-state index in [1.807, 2.05) is 0 Å². The molecule has 1 unspecified atom stereocenters. The van der Waals surface area contributed by atoms with Gasteiger partial charge in [0.25, 0.3) is 0 Å². The summed E-state index contributed by atoms with van der Waals surface area (Å²) in [4.78, 5) is 24.8. The average Bonchev–Trinajstić information content (AvgIpc) is 3.80. The van der Waals surface area contributed by atoms with Crippen molar-refractivity contribution >= 4 is 11.9 Å². The van der Waals surface area contributed by atoms with Gasteiger partial charge in [-0.1, -0.05) is 458 Å². The minimum atomic E-state index is -0.774. The summed E-state index contributed by atoms with van der Waals surface area (Å²) in [5.74, 6) is -0.566. The van der Waals surface area contributed by atoms with Crippen LogP contribution in [0.1, 0.15) is 457 Å². The molecular weight excluding hydrogens is 1160 g/mol. The number of unbranched alkanes of at least 4 members (excludes halogenated alkanes) is 58. The standard InChI is InChI=1S/C90H164O5/c1-3-5-7-9-11-13-15-17-19-21-23-25-27-29-31-33-35-37-39-41-43-45-47-49-51-53-55-57-59-61-63-65-67-69-71-73-75-77-79-81-83-85-90(93)95-88(86-91)87-94-89(92)84-82-80-78-76-74-72-70-68-66-64-62-60-58-56-54-52-50-48-46-44-42-40-38-36-34-32-30-28-26-24-22-20-18-16-14-12-10-8-6-4-2/h5,7,11,13,17,19,23,25,29,31,35,37,41,43,88,91H,3-4,6,8-10,12,14-16,18,20-22,24,26-28,30,32-34,36,38-40,42,44-87H2,1-2H3/b7-5-,13-11-,19-17-,25-23-,31-29-,37-35-,43-41-. The number of aliphatic hydroxyl groups is 1. The summed E-state index contributed by atoms with van der Waals surface area (Å²) >= 11 is 0. The van der Waals surface area contributed by atoms with Gasteiger partial charge in [0.2, 0.25) is 0 Å². The summed E-state index contributed by atoms with van der Waals surface area (Å²) in [6.45, 7) is 4.09. The predicted molar refractivity (Wildman–Crippen MR) is 422 cm³/mol. The second kappa shape index (κ2) is 85.3. The largest absolute Gasteiger partial charge is 0.462 e. The number of esters is 2. The number of hydrogen-bond donors (Lipinski definition) is 1. The van der Waals surface area contributed by atoms with Gasteiger partial charge in [-0.05, 0) is 70.6 Å². The Bertz CT molecular complexity index is 1700. The number of allylic oxidation sites excluding steroid dienone is 14. The second-order valence-corrected chi connectivity index (χ2v) is 28.9. The molecular formula is C90H164O5. The lowest BCUT2D eigenvalue weighted by Gasteiger charge is -2.15. The fraction of sp³-hybridized carbons (Fsp3) is 0.822. The van der Waals surface area contributed by atoms with E-state index in [1.165, 1.54) is 353 Å². The molecule has 5 heteroatoms. The third-order valence-corrected chi connectivity index (χ3v) is 19.5. The molecule has 0 fully saturated rings. The normalized spacial score (nSPS) is 12.6. The minimum absolute atomic E-state index is 0.0610. The highest BCUT2D eigenvalue weighted by atomic mass is 16.6. The maximum atomic E-state index is 12.4. The fourth-order valence-corrected chi connectivity index (χ4v) is 13.1. The quantitative estimate of drug-likeness (QED) is 0.0373. The van der Waals surface area contributed by atoms with Crippen molar-refractivity contribution in [1.29, 1.82) is 0 Å². The predicted octanol–water partition coefficient (Wildman–Crippen LogP) is 30.3. The number of carbonyl (C=O) groups is 2. The Hall–Kier alpha value is -2.92. The van der Waals surface area contributed by atoms with Gasteiger partial charge in [-0.3, -0.25) is 9.59 Å². The number of aliphatic hydroxyl groups excluding tert-OH is 1. The molecule has 0 bridgehead atoms. The molecule has 0 amide bonds. The highest BCUT2D eigenvalue weighted by Gasteiger charge is 2.16. The highest BCUT2D eigenvalue weighted by Crippen LogP contribution is 2.20. The Kier molecular flexibility index (Phi) is 82.7. The zero-order valence-electron chi connectivity index (χ0n) is 63.9. The summed E-state index contributed by atoms with van der Waals surface area (Å²) in [5.41, 5.74) is 0. The average molecular weight is 1330 g/mol. The molecule has 0 aromatic rings. The number of hydrogen-bond acceptors (Lipinski definition) is 5. The smallest absolute Gasteiger partial charge is 0.306 e. The van der Waals surface area contributed by atoms with Gasteiger partial charge >= 0.3 is 11.9 Å². The molecule has 0 heterocycles. The van der Waals surface area contributed by atoms with Crippen LogP contribution in [-0.2, 0) is 19.1 Å². The van der Waals surface area contributed by atoms with Gasteiger partial charge in [0.15, 0.2) is 6.10 Å². The summed E-state index contributed by atoms with van der Waals surface area (Å²) in [6.07, 6.45) is 121. The van der Waals surface area contributed by atoms with Crippen molar-refractivity contribution < 1.29 is 24.2 Å². The minimum Gasteiger partial charge on any atom is -0.462 e. The Labute approximate surface area is 594 Å². The van der Waals surface area contributed by atoms with Gasteiger partial charge in [-0.15, -0.1) is 0 Å². The van der Waals surface area contributed by atoms with E-state index in [9.17, 15) is 14.7 Å². The van der Waals surface area contributed by atoms with E-state index < -0.39 is 6.10 Å². The molecule has 1 N–H and O–H groups in total. The van der Waals surface area contributed by atoms with Gasteiger partial charge in [0.1, 0.15) is 6.61 Å². The van der Waals surface area contributed by atoms with Crippen molar-refractivity contribution in [1.82, 2.24) is 0 Å². The van der Waals surface area contributed by atoms with E-state index >= 15 is 0 Å². The molecule has 0 aliphatic rings. The molecule has 554 valence electrons. The number of ether oxygens (including phenoxy) is 2. The zero-order valence-corrected chi connectivity index (χ0v) is 63.9.